The summed E-state index contributed by atoms with van der Waals surface area (Å²) in [4.78, 5) is 11.3. The second kappa shape index (κ2) is 5.34. The first-order chi connectivity index (χ1) is 7.52. The monoisotopic (exact) mass is 227 g/mol. The lowest BCUT2D eigenvalue weighted by atomic mass is 10.3. The standard InChI is InChI=1S/C11H14FNO3/c1-7(2)16-11(14)13-9-5-4-8(12)6-10(9)15-3/h4-7H,1-3H3,(H,13,14). The molecular weight excluding hydrogens is 213 g/mol. The quantitative estimate of drug-likeness (QED) is 0.863. The predicted molar refractivity (Wildman–Crippen MR) is 58.2 cm³/mol. The molecule has 1 N–H and O–H groups in total. The zero-order valence-corrected chi connectivity index (χ0v) is 9.41. The third kappa shape index (κ3) is 3.42. The number of methoxy groups -OCH3 is 1. The maximum Gasteiger partial charge on any atom is 0.411 e. The number of ether oxygens (including phenoxy) is 2. The van der Waals surface area contributed by atoms with E-state index < -0.39 is 11.9 Å². The summed E-state index contributed by atoms with van der Waals surface area (Å²) in [6.45, 7) is 3.48. The second-order valence-corrected chi connectivity index (χ2v) is 3.42. The summed E-state index contributed by atoms with van der Waals surface area (Å²) in [5.74, 6) is -0.180. The molecule has 1 aromatic carbocycles. The molecule has 0 aliphatic carbocycles. The Morgan fingerprint density at radius 1 is 1.44 bits per heavy atom. The largest absolute Gasteiger partial charge is 0.494 e. The SMILES string of the molecule is COc1cc(F)ccc1NC(=O)OC(C)C. The highest BCUT2D eigenvalue weighted by Crippen LogP contribution is 2.24. The van der Waals surface area contributed by atoms with Gasteiger partial charge in [0.25, 0.3) is 0 Å². The van der Waals surface area contributed by atoms with Crippen molar-refractivity contribution in [3.63, 3.8) is 0 Å². The minimum Gasteiger partial charge on any atom is -0.494 e. The van der Waals surface area contributed by atoms with Gasteiger partial charge in [-0.3, -0.25) is 5.32 Å². The highest BCUT2D eigenvalue weighted by atomic mass is 19.1. The number of amides is 1. The summed E-state index contributed by atoms with van der Waals surface area (Å²) in [6.07, 6.45) is -0.814. The zero-order chi connectivity index (χ0) is 12.1. The summed E-state index contributed by atoms with van der Waals surface area (Å²) in [5, 5.41) is 2.47. The van der Waals surface area contributed by atoms with Gasteiger partial charge in [0, 0.05) is 6.07 Å². The Labute approximate surface area is 93.4 Å². The number of halogens is 1. The lowest BCUT2D eigenvalue weighted by Crippen LogP contribution is -2.18. The molecule has 0 aliphatic heterocycles. The van der Waals surface area contributed by atoms with Gasteiger partial charge in [0.1, 0.15) is 11.6 Å². The fourth-order valence-corrected chi connectivity index (χ4v) is 1.12. The maximum atomic E-state index is 12.9. The highest BCUT2D eigenvalue weighted by Gasteiger charge is 2.10. The molecule has 0 atom stereocenters. The van der Waals surface area contributed by atoms with Crippen LogP contribution in [0.5, 0.6) is 5.75 Å². The van der Waals surface area contributed by atoms with E-state index in [2.05, 4.69) is 5.32 Å². The van der Waals surface area contributed by atoms with Crippen LogP contribution in [-0.2, 0) is 4.74 Å². The average molecular weight is 227 g/mol. The smallest absolute Gasteiger partial charge is 0.411 e. The van der Waals surface area contributed by atoms with Crippen LogP contribution in [0.1, 0.15) is 13.8 Å². The van der Waals surface area contributed by atoms with Crippen molar-refractivity contribution in [1.29, 1.82) is 0 Å². The summed E-state index contributed by atoms with van der Waals surface area (Å²) >= 11 is 0. The normalized spacial score (nSPS) is 10.1. The Bertz CT molecular complexity index is 379. The number of benzene rings is 1. The molecule has 1 amide bonds. The molecule has 88 valence electrons. The molecule has 0 aliphatic rings. The molecule has 0 saturated heterocycles. The second-order valence-electron chi connectivity index (χ2n) is 3.42. The third-order valence-electron chi connectivity index (χ3n) is 1.74. The van der Waals surface area contributed by atoms with Crippen LogP contribution >= 0.6 is 0 Å². The van der Waals surface area contributed by atoms with Crippen LogP contribution in [0, 0.1) is 5.82 Å². The molecular formula is C11H14FNO3. The number of nitrogens with one attached hydrogen (secondary N) is 1. The van der Waals surface area contributed by atoms with Crippen molar-refractivity contribution in [1.82, 2.24) is 0 Å². The van der Waals surface area contributed by atoms with E-state index in [1.165, 1.54) is 25.3 Å². The molecule has 0 fully saturated rings. The van der Waals surface area contributed by atoms with E-state index in [1.807, 2.05) is 0 Å². The highest BCUT2D eigenvalue weighted by molar-refractivity contribution is 5.86. The van der Waals surface area contributed by atoms with Crippen LogP contribution in [0.2, 0.25) is 0 Å². The van der Waals surface area contributed by atoms with Crippen LogP contribution in [-0.4, -0.2) is 19.3 Å². The van der Waals surface area contributed by atoms with Crippen molar-refractivity contribution < 1.29 is 18.7 Å². The first-order valence-corrected chi connectivity index (χ1v) is 4.84. The van der Waals surface area contributed by atoms with Gasteiger partial charge in [0.15, 0.2) is 0 Å². The number of carbonyl (C=O) groups is 1. The van der Waals surface area contributed by atoms with Gasteiger partial charge in [-0.25, -0.2) is 9.18 Å². The molecule has 0 unspecified atom stereocenters. The predicted octanol–water partition coefficient (Wildman–Crippen LogP) is 2.79. The Morgan fingerprint density at radius 2 is 2.12 bits per heavy atom. The van der Waals surface area contributed by atoms with Crippen molar-refractivity contribution in [2.75, 3.05) is 12.4 Å². The molecule has 0 spiro atoms. The van der Waals surface area contributed by atoms with E-state index >= 15 is 0 Å². The van der Waals surface area contributed by atoms with Gasteiger partial charge in [0.05, 0.1) is 18.9 Å². The maximum absolute atomic E-state index is 12.9. The topological polar surface area (TPSA) is 47.6 Å². The summed E-state index contributed by atoms with van der Waals surface area (Å²) in [6, 6.07) is 3.83. The van der Waals surface area contributed by atoms with Gasteiger partial charge >= 0.3 is 6.09 Å². The molecule has 0 radical (unpaired) electrons. The van der Waals surface area contributed by atoms with Crippen LogP contribution in [0.15, 0.2) is 18.2 Å². The first-order valence-electron chi connectivity index (χ1n) is 4.84. The lowest BCUT2D eigenvalue weighted by Gasteiger charge is -2.12. The van der Waals surface area contributed by atoms with E-state index in [4.69, 9.17) is 9.47 Å². The Kier molecular flexibility index (Phi) is 4.10. The van der Waals surface area contributed by atoms with Crippen molar-refractivity contribution in [3.8, 4) is 5.75 Å². The van der Waals surface area contributed by atoms with E-state index in [-0.39, 0.29) is 11.9 Å². The van der Waals surface area contributed by atoms with Crippen LogP contribution in [0.3, 0.4) is 0 Å². The Balaban J connectivity index is 2.76. The van der Waals surface area contributed by atoms with E-state index in [0.717, 1.165) is 0 Å². The molecule has 4 nitrogen and oxygen atoms in total. The van der Waals surface area contributed by atoms with Gasteiger partial charge in [-0.15, -0.1) is 0 Å². The van der Waals surface area contributed by atoms with Gasteiger partial charge in [-0.2, -0.15) is 0 Å². The van der Waals surface area contributed by atoms with E-state index in [0.29, 0.717) is 5.69 Å². The van der Waals surface area contributed by atoms with E-state index in [9.17, 15) is 9.18 Å². The van der Waals surface area contributed by atoms with Crippen molar-refractivity contribution in [2.24, 2.45) is 0 Å². The Morgan fingerprint density at radius 3 is 2.69 bits per heavy atom. The number of rotatable bonds is 3. The molecule has 0 bridgehead atoms. The summed E-state index contributed by atoms with van der Waals surface area (Å²) in [5.41, 5.74) is 0.370. The van der Waals surface area contributed by atoms with Crippen molar-refractivity contribution in [3.05, 3.63) is 24.0 Å². The fourth-order valence-electron chi connectivity index (χ4n) is 1.12. The minimum absolute atomic E-state index is 0.216. The molecule has 5 heteroatoms. The molecule has 0 saturated carbocycles. The average Bonchev–Trinajstić information content (AvgIpc) is 2.19. The molecule has 1 rings (SSSR count). The fraction of sp³-hybridized carbons (Fsp3) is 0.364. The number of carbonyl (C=O) groups excluding carboxylic acids is 1. The number of anilines is 1. The first kappa shape index (κ1) is 12.3. The molecule has 1 aromatic rings. The Hall–Kier alpha value is -1.78. The van der Waals surface area contributed by atoms with Crippen LogP contribution in [0.4, 0.5) is 14.9 Å². The van der Waals surface area contributed by atoms with Gasteiger partial charge in [-0.05, 0) is 26.0 Å². The molecule has 16 heavy (non-hydrogen) atoms. The van der Waals surface area contributed by atoms with Gasteiger partial charge in [-0.1, -0.05) is 0 Å². The molecule has 0 heterocycles. The van der Waals surface area contributed by atoms with E-state index in [1.54, 1.807) is 13.8 Å². The third-order valence-corrected chi connectivity index (χ3v) is 1.74. The lowest BCUT2D eigenvalue weighted by molar-refractivity contribution is 0.130. The molecule has 0 aromatic heterocycles. The van der Waals surface area contributed by atoms with Crippen LogP contribution in [0.25, 0.3) is 0 Å². The van der Waals surface area contributed by atoms with Gasteiger partial charge < -0.3 is 9.47 Å². The minimum atomic E-state index is -0.597. The van der Waals surface area contributed by atoms with Gasteiger partial charge in [0.2, 0.25) is 0 Å². The van der Waals surface area contributed by atoms with Crippen molar-refractivity contribution in [2.45, 2.75) is 20.0 Å². The van der Waals surface area contributed by atoms with Crippen molar-refractivity contribution >= 4 is 11.8 Å². The number of hydrogen-bond acceptors (Lipinski definition) is 3. The number of hydrogen-bond donors (Lipinski definition) is 1. The summed E-state index contributed by atoms with van der Waals surface area (Å²) < 4.78 is 22.7. The zero-order valence-electron chi connectivity index (χ0n) is 9.41. The summed E-state index contributed by atoms with van der Waals surface area (Å²) in [7, 11) is 1.40. The van der Waals surface area contributed by atoms with Crippen LogP contribution < -0.4 is 10.1 Å².